The number of ether oxygens (including phenoxy) is 3. The van der Waals surface area contributed by atoms with Crippen molar-refractivity contribution in [3.05, 3.63) is 35.9 Å². The van der Waals surface area contributed by atoms with Crippen molar-refractivity contribution in [1.29, 1.82) is 0 Å². The number of hydrogen-bond acceptors (Lipinski definition) is 11. The molecule has 0 aromatic heterocycles. The van der Waals surface area contributed by atoms with E-state index in [1.165, 1.54) is 14.0 Å². The summed E-state index contributed by atoms with van der Waals surface area (Å²) in [6.45, 7) is 15.7. The molecule has 6 N–H and O–H groups in total. The van der Waals surface area contributed by atoms with Gasteiger partial charge in [-0.2, -0.15) is 0 Å². The van der Waals surface area contributed by atoms with Gasteiger partial charge < -0.3 is 51.0 Å². The van der Waals surface area contributed by atoms with E-state index in [9.17, 15) is 28.8 Å². The number of methoxy groups -OCH3 is 2. The smallest absolute Gasteiger partial charge is 0.322 e. The van der Waals surface area contributed by atoms with Gasteiger partial charge in [-0.1, -0.05) is 85.2 Å². The Morgan fingerprint density at radius 1 is 0.885 bits per heavy atom. The van der Waals surface area contributed by atoms with Gasteiger partial charge >= 0.3 is 5.97 Å². The van der Waals surface area contributed by atoms with Crippen LogP contribution in [0.3, 0.4) is 0 Å². The summed E-state index contributed by atoms with van der Waals surface area (Å²) >= 11 is 0. The summed E-state index contributed by atoms with van der Waals surface area (Å²) in [4.78, 5) is 84.4. The fourth-order valence-corrected chi connectivity index (χ4v) is 8.12. The highest BCUT2D eigenvalue weighted by Gasteiger charge is 2.43. The lowest BCUT2D eigenvalue weighted by molar-refractivity contribution is -0.148. The third kappa shape index (κ3) is 15.6. The Balaban J connectivity index is 2.26. The van der Waals surface area contributed by atoms with Crippen LogP contribution >= 0.6 is 0 Å². The molecule has 0 bridgehead atoms. The highest BCUT2D eigenvalue weighted by Crippen LogP contribution is 2.30. The van der Waals surface area contributed by atoms with Crippen molar-refractivity contribution in [3.8, 4) is 0 Å². The van der Waals surface area contributed by atoms with Gasteiger partial charge in [-0.15, -0.1) is 0 Å². The molecule has 5 amide bonds. The number of nitrogens with one attached hydrogen (secondary N) is 4. The maximum atomic E-state index is 14.3. The van der Waals surface area contributed by atoms with Crippen molar-refractivity contribution in [2.45, 2.75) is 142 Å². The normalized spacial score (nSPS) is 18.5. The Morgan fingerprint density at radius 3 is 2.07 bits per heavy atom. The molecule has 1 aromatic carbocycles. The van der Waals surface area contributed by atoms with E-state index in [1.54, 1.807) is 37.9 Å². The zero-order valence-corrected chi connectivity index (χ0v) is 38.8. The predicted molar refractivity (Wildman–Crippen MR) is 235 cm³/mol. The largest absolute Gasteiger partial charge is 0.464 e. The van der Waals surface area contributed by atoms with Crippen LogP contribution in [0, 0.1) is 23.7 Å². The number of nitrogens with zero attached hydrogens (tertiary/aromatic N) is 2. The Morgan fingerprint density at radius 2 is 1.52 bits per heavy atom. The highest BCUT2D eigenvalue weighted by molar-refractivity contribution is 5.90. The third-order valence-corrected chi connectivity index (χ3v) is 11.9. The minimum absolute atomic E-state index is 0.0119. The molecule has 346 valence electrons. The maximum Gasteiger partial charge on any atom is 0.322 e. The monoisotopic (exact) mass is 860 g/mol. The maximum absolute atomic E-state index is 14.3. The van der Waals surface area contributed by atoms with Crippen LogP contribution in [0.1, 0.15) is 93.1 Å². The van der Waals surface area contributed by atoms with Gasteiger partial charge in [0.15, 0.2) is 0 Å². The SMILES string of the molecule is CC[C@H](C)[C@@H]([C@@H](CC(=O)N1CCC[C@H]1[C@H](OC)[C@@H](C)C(=O)N[C@@H](Cc1ccccc1)C(=O)NCCCOC(=O)[C@H](C)N)OC)N(C)C(=O)[C@@H](NC(=O)[C@@H](NC)C(C)C)C(C)C. The first-order valence-electron chi connectivity index (χ1n) is 22.0. The molecule has 16 heteroatoms. The lowest BCUT2D eigenvalue weighted by Gasteiger charge is -2.41. The van der Waals surface area contributed by atoms with E-state index in [2.05, 4.69) is 21.3 Å². The van der Waals surface area contributed by atoms with Gasteiger partial charge in [0.05, 0.1) is 49.3 Å². The molecule has 61 heavy (non-hydrogen) atoms. The molecule has 10 atom stereocenters. The zero-order valence-electron chi connectivity index (χ0n) is 38.8. The molecule has 1 aliphatic heterocycles. The van der Waals surface area contributed by atoms with Gasteiger partial charge in [-0.25, -0.2) is 0 Å². The summed E-state index contributed by atoms with van der Waals surface area (Å²) in [6.07, 6.45) is 1.24. The van der Waals surface area contributed by atoms with Crippen molar-refractivity contribution in [2.24, 2.45) is 29.4 Å². The number of amides is 5. The molecule has 0 saturated carbocycles. The van der Waals surface area contributed by atoms with Crippen LogP contribution < -0.4 is 27.0 Å². The van der Waals surface area contributed by atoms with Crippen LogP contribution in [0.5, 0.6) is 0 Å². The number of carbonyl (C=O) groups is 6. The molecular weight excluding hydrogens is 783 g/mol. The summed E-state index contributed by atoms with van der Waals surface area (Å²) in [5.74, 6) is -3.01. The zero-order chi connectivity index (χ0) is 46.0. The number of rotatable bonds is 26. The van der Waals surface area contributed by atoms with Crippen LogP contribution in [0.15, 0.2) is 30.3 Å². The molecule has 0 unspecified atom stereocenters. The Hall–Kier alpha value is -4.12. The lowest BCUT2D eigenvalue weighted by Crippen LogP contribution is -2.59. The third-order valence-electron chi connectivity index (χ3n) is 11.9. The van der Waals surface area contributed by atoms with Crippen molar-refractivity contribution in [2.75, 3.05) is 48.0 Å². The van der Waals surface area contributed by atoms with Gasteiger partial charge in [0.2, 0.25) is 29.5 Å². The van der Waals surface area contributed by atoms with Crippen molar-refractivity contribution in [3.63, 3.8) is 0 Å². The molecule has 0 aliphatic carbocycles. The average Bonchev–Trinajstić information content (AvgIpc) is 3.71. The number of nitrogens with two attached hydrogens (primary N) is 1. The van der Waals surface area contributed by atoms with Crippen LogP contribution in [0.25, 0.3) is 0 Å². The van der Waals surface area contributed by atoms with Gasteiger partial charge in [0.1, 0.15) is 18.1 Å². The van der Waals surface area contributed by atoms with E-state index in [0.717, 1.165) is 5.56 Å². The quantitative estimate of drug-likeness (QED) is 0.0675. The number of likely N-dealkylation sites (N-methyl/N-ethyl adjacent to an activating group) is 2. The topological polar surface area (TPSA) is 211 Å². The van der Waals surface area contributed by atoms with Gasteiger partial charge in [0, 0.05) is 40.8 Å². The molecule has 16 nitrogen and oxygen atoms in total. The molecule has 1 fully saturated rings. The number of carbonyl (C=O) groups excluding carboxylic acids is 6. The number of benzene rings is 1. The van der Waals surface area contributed by atoms with Crippen LogP contribution in [-0.2, 0) is 49.4 Å². The van der Waals surface area contributed by atoms with E-state index in [1.807, 2.05) is 71.9 Å². The van der Waals surface area contributed by atoms with Gasteiger partial charge in [-0.05, 0) is 56.6 Å². The summed E-state index contributed by atoms with van der Waals surface area (Å²) in [5.41, 5.74) is 6.40. The molecule has 2 rings (SSSR count). The molecule has 0 radical (unpaired) electrons. The minimum Gasteiger partial charge on any atom is -0.464 e. The molecule has 0 spiro atoms. The molecule has 1 aliphatic rings. The van der Waals surface area contributed by atoms with E-state index >= 15 is 0 Å². The minimum atomic E-state index is -0.911. The predicted octanol–water partition coefficient (Wildman–Crippen LogP) is 2.42. The highest BCUT2D eigenvalue weighted by atomic mass is 16.5. The first-order chi connectivity index (χ1) is 28.8. The average molecular weight is 860 g/mol. The van der Waals surface area contributed by atoms with E-state index in [0.29, 0.717) is 32.2 Å². The second-order valence-electron chi connectivity index (χ2n) is 17.2. The summed E-state index contributed by atoms with van der Waals surface area (Å²) in [7, 11) is 6.49. The lowest BCUT2D eigenvalue weighted by atomic mass is 9.89. The van der Waals surface area contributed by atoms with Crippen LogP contribution in [-0.4, -0.2) is 142 Å². The second-order valence-corrected chi connectivity index (χ2v) is 17.2. The second kappa shape index (κ2) is 26.4. The number of hydrogen-bond donors (Lipinski definition) is 5. The van der Waals surface area contributed by atoms with E-state index < -0.39 is 66.3 Å². The van der Waals surface area contributed by atoms with Gasteiger partial charge in [0.25, 0.3) is 0 Å². The first-order valence-corrected chi connectivity index (χ1v) is 22.0. The van der Waals surface area contributed by atoms with Crippen LogP contribution in [0.4, 0.5) is 0 Å². The summed E-state index contributed by atoms with van der Waals surface area (Å²) < 4.78 is 17.1. The molecule has 1 saturated heterocycles. The van der Waals surface area contributed by atoms with Crippen molar-refractivity contribution >= 4 is 35.5 Å². The van der Waals surface area contributed by atoms with Crippen LogP contribution in [0.2, 0.25) is 0 Å². The van der Waals surface area contributed by atoms with E-state index in [-0.39, 0.29) is 67.4 Å². The number of likely N-dealkylation sites (tertiary alicyclic amines) is 1. The Kier molecular flexibility index (Phi) is 22.9. The standard InChI is InChI=1S/C45H77N7O9/c1-13-29(6)39(51(10)44(57)38(28(4)5)50-43(56)37(47-9)27(2)3)35(59-11)26-36(53)52-23-17-21-34(52)40(60-12)30(7)41(54)49-33(25-32-19-15-14-16-20-32)42(55)48-22-18-24-61-45(58)31(8)46/h14-16,19-20,27-31,33-35,37-40,47H,13,17-18,21-26,46H2,1-12H3,(H,48,55)(H,49,54)(H,50,56)/t29-,30+,31-,33-,34-,35+,37-,38-,39-,40+/m0/s1. The van der Waals surface area contributed by atoms with Crippen molar-refractivity contribution < 1.29 is 43.0 Å². The molecule has 1 aromatic rings. The first kappa shape index (κ1) is 53.0. The summed E-state index contributed by atoms with van der Waals surface area (Å²) in [5, 5.41) is 11.8. The Bertz CT molecular complexity index is 1550. The Labute approximate surface area is 364 Å². The molecule has 1 heterocycles. The fraction of sp³-hybridized carbons (Fsp3) is 0.733. The molecular formula is C45H77N7O9. The van der Waals surface area contributed by atoms with Crippen molar-refractivity contribution in [1.82, 2.24) is 31.1 Å². The van der Waals surface area contributed by atoms with E-state index in [4.69, 9.17) is 19.9 Å². The fourth-order valence-electron chi connectivity index (χ4n) is 8.12. The van der Waals surface area contributed by atoms with Gasteiger partial charge in [-0.3, -0.25) is 28.8 Å². The summed E-state index contributed by atoms with van der Waals surface area (Å²) in [6, 6.07) is 5.51. The number of esters is 1.